The lowest BCUT2D eigenvalue weighted by atomic mass is 10.0. The first-order valence-electron chi connectivity index (χ1n) is 13.8. The number of aliphatic hydroxyl groups is 1. The summed E-state index contributed by atoms with van der Waals surface area (Å²) in [5.41, 5.74) is 8.14. The lowest BCUT2D eigenvalue weighted by molar-refractivity contribution is -0.112. The minimum atomic E-state index is -1.13. The van der Waals surface area contributed by atoms with Crippen LogP contribution >= 0.6 is 0 Å². The fourth-order valence-electron chi connectivity index (χ4n) is 4.19. The Balaban J connectivity index is 1.68. The number of amides is 2. The maximum atomic E-state index is 13.3. The standard InChI is InChI=1S/C34H33N3O7/c1-23(39)24-15-17-25(18-16-24)36-34(41)44-33(27-11-5-8-14-30(27)42-22-21-38)31(43-26-9-3-2-4-10-26)19-20-32(40)37-29-13-7-6-12-28(29)35/h2-20,31,33,38H,21-22,35H2,1H3,(H,36,41)(H,37,40)/b20-19+/t31-,33-/m1/s1. The normalized spacial score (nSPS) is 12.1. The Hall–Kier alpha value is -5.61. The van der Waals surface area contributed by atoms with Crippen LogP contribution in [0.1, 0.15) is 28.9 Å². The van der Waals surface area contributed by atoms with Crippen LogP contribution in [0.4, 0.5) is 21.9 Å². The predicted octanol–water partition coefficient (Wildman–Crippen LogP) is 5.77. The third kappa shape index (κ3) is 8.94. The number of rotatable bonds is 13. The van der Waals surface area contributed by atoms with Crippen LogP contribution in [-0.4, -0.2) is 42.2 Å². The molecule has 4 aromatic carbocycles. The molecule has 2 atom stereocenters. The summed E-state index contributed by atoms with van der Waals surface area (Å²) in [5, 5.41) is 14.8. The number of hydrogen-bond acceptors (Lipinski definition) is 8. The third-order valence-corrected chi connectivity index (χ3v) is 6.32. The molecule has 0 fully saturated rings. The number of carbonyl (C=O) groups excluding carboxylic acids is 3. The Morgan fingerprint density at radius 1 is 0.864 bits per heavy atom. The van der Waals surface area contributed by atoms with Crippen molar-refractivity contribution in [2.24, 2.45) is 0 Å². The van der Waals surface area contributed by atoms with Crippen molar-refractivity contribution in [2.75, 3.05) is 29.6 Å². The second-order valence-electron chi connectivity index (χ2n) is 9.53. The van der Waals surface area contributed by atoms with Crippen LogP contribution in [0.5, 0.6) is 11.5 Å². The highest BCUT2D eigenvalue weighted by Crippen LogP contribution is 2.33. The summed E-state index contributed by atoms with van der Waals surface area (Å²) in [4.78, 5) is 37.8. The van der Waals surface area contributed by atoms with Gasteiger partial charge in [-0.05, 0) is 67.6 Å². The Morgan fingerprint density at radius 2 is 1.55 bits per heavy atom. The maximum Gasteiger partial charge on any atom is 0.412 e. The van der Waals surface area contributed by atoms with Gasteiger partial charge in [-0.25, -0.2) is 4.79 Å². The fraction of sp³-hybridized carbons (Fsp3) is 0.147. The molecule has 0 saturated carbocycles. The molecule has 5 N–H and O–H groups in total. The van der Waals surface area contributed by atoms with Crippen LogP contribution < -0.4 is 25.8 Å². The van der Waals surface area contributed by atoms with Gasteiger partial charge in [0.25, 0.3) is 0 Å². The zero-order chi connectivity index (χ0) is 31.3. The SMILES string of the molecule is CC(=O)c1ccc(NC(=O)O[C@H](c2ccccc2OCCO)[C@@H](/C=C/C(=O)Nc2ccccc2N)Oc2ccccc2)cc1. The van der Waals surface area contributed by atoms with Gasteiger partial charge in [0.05, 0.1) is 18.0 Å². The highest BCUT2D eigenvalue weighted by atomic mass is 16.6. The zero-order valence-electron chi connectivity index (χ0n) is 24.0. The van der Waals surface area contributed by atoms with Gasteiger partial charge in [-0.15, -0.1) is 0 Å². The number of ketones is 1. The van der Waals surface area contributed by atoms with E-state index in [0.717, 1.165) is 0 Å². The average Bonchev–Trinajstić information content (AvgIpc) is 3.03. The topological polar surface area (TPSA) is 149 Å². The van der Waals surface area contributed by atoms with E-state index in [4.69, 9.17) is 19.9 Å². The van der Waals surface area contributed by atoms with Gasteiger partial charge in [0.2, 0.25) is 5.91 Å². The number of nitrogens with one attached hydrogen (secondary N) is 2. The fourth-order valence-corrected chi connectivity index (χ4v) is 4.19. The van der Waals surface area contributed by atoms with Crippen molar-refractivity contribution in [3.63, 3.8) is 0 Å². The monoisotopic (exact) mass is 595 g/mol. The van der Waals surface area contributed by atoms with Gasteiger partial charge in [-0.1, -0.05) is 48.5 Å². The van der Waals surface area contributed by atoms with Crippen LogP contribution in [0.3, 0.4) is 0 Å². The second kappa shape index (κ2) is 15.6. The molecule has 4 rings (SSSR count). The highest BCUT2D eigenvalue weighted by Gasteiger charge is 2.30. The van der Waals surface area contributed by atoms with Crippen LogP contribution in [0.25, 0.3) is 0 Å². The molecule has 0 spiro atoms. The Labute approximate surface area is 255 Å². The number of anilines is 3. The summed E-state index contributed by atoms with van der Waals surface area (Å²) in [6, 6.07) is 28.9. The van der Waals surface area contributed by atoms with Gasteiger partial charge in [0.15, 0.2) is 18.0 Å². The molecule has 2 amide bonds. The molecule has 10 heteroatoms. The number of carbonyl (C=O) groups is 3. The lowest BCUT2D eigenvalue weighted by Crippen LogP contribution is -2.30. The minimum Gasteiger partial charge on any atom is -0.491 e. The number of nitrogens with two attached hydrogens (primary N) is 1. The molecule has 0 heterocycles. The van der Waals surface area contributed by atoms with E-state index >= 15 is 0 Å². The molecule has 0 unspecified atom stereocenters. The molecule has 10 nitrogen and oxygen atoms in total. The summed E-state index contributed by atoms with van der Waals surface area (Å²) in [7, 11) is 0. The van der Waals surface area contributed by atoms with Crippen molar-refractivity contribution in [3.05, 3.63) is 126 Å². The summed E-state index contributed by atoms with van der Waals surface area (Å²) in [6.45, 7) is 1.22. The van der Waals surface area contributed by atoms with E-state index in [0.29, 0.717) is 39.7 Å². The van der Waals surface area contributed by atoms with Crippen molar-refractivity contribution in [1.82, 2.24) is 0 Å². The average molecular weight is 596 g/mol. The van der Waals surface area contributed by atoms with Gasteiger partial charge in [-0.2, -0.15) is 0 Å². The van der Waals surface area contributed by atoms with E-state index in [9.17, 15) is 19.5 Å². The lowest BCUT2D eigenvalue weighted by Gasteiger charge is -2.27. The highest BCUT2D eigenvalue weighted by molar-refractivity contribution is 6.01. The number of hydrogen-bond donors (Lipinski definition) is 4. The summed E-state index contributed by atoms with van der Waals surface area (Å²) in [6.07, 6.45) is -0.233. The summed E-state index contributed by atoms with van der Waals surface area (Å²) in [5.74, 6) is 0.215. The van der Waals surface area contributed by atoms with Crippen LogP contribution in [-0.2, 0) is 9.53 Å². The molecular weight excluding hydrogens is 562 g/mol. The van der Waals surface area contributed by atoms with Gasteiger partial charge >= 0.3 is 6.09 Å². The van der Waals surface area contributed by atoms with Crippen LogP contribution in [0, 0.1) is 0 Å². The van der Waals surface area contributed by atoms with Crippen molar-refractivity contribution in [2.45, 2.75) is 19.1 Å². The van der Waals surface area contributed by atoms with E-state index in [-0.39, 0.29) is 19.0 Å². The largest absolute Gasteiger partial charge is 0.491 e. The Kier molecular flexibility index (Phi) is 11.1. The maximum absolute atomic E-state index is 13.3. The number of ether oxygens (including phenoxy) is 3. The molecular formula is C34H33N3O7. The van der Waals surface area contributed by atoms with Crippen molar-refractivity contribution in [1.29, 1.82) is 0 Å². The van der Waals surface area contributed by atoms with Gasteiger partial charge in [0, 0.05) is 22.9 Å². The first-order chi connectivity index (χ1) is 21.3. The number of Topliss-reactive ketones (excluding diaryl/α,β-unsaturated/α-hetero) is 1. The van der Waals surface area contributed by atoms with Crippen molar-refractivity contribution in [3.8, 4) is 11.5 Å². The van der Waals surface area contributed by atoms with E-state index < -0.39 is 24.2 Å². The van der Waals surface area contributed by atoms with Crippen LogP contribution in [0.2, 0.25) is 0 Å². The molecule has 0 aliphatic heterocycles. The number of para-hydroxylation sites is 4. The van der Waals surface area contributed by atoms with Gasteiger partial charge < -0.3 is 30.4 Å². The molecule has 0 aromatic heterocycles. The molecule has 0 radical (unpaired) electrons. The van der Waals surface area contributed by atoms with Crippen molar-refractivity contribution < 1.29 is 33.7 Å². The minimum absolute atomic E-state index is 0.000616. The van der Waals surface area contributed by atoms with Gasteiger partial charge in [-0.3, -0.25) is 14.9 Å². The van der Waals surface area contributed by atoms with Crippen molar-refractivity contribution >= 4 is 34.8 Å². The first-order valence-corrected chi connectivity index (χ1v) is 13.8. The second-order valence-corrected chi connectivity index (χ2v) is 9.53. The van der Waals surface area contributed by atoms with Gasteiger partial charge in [0.1, 0.15) is 18.1 Å². The first kappa shape index (κ1) is 31.3. The summed E-state index contributed by atoms with van der Waals surface area (Å²) >= 11 is 0. The van der Waals surface area contributed by atoms with E-state index in [1.807, 2.05) is 6.07 Å². The molecule has 44 heavy (non-hydrogen) atoms. The molecule has 0 saturated heterocycles. The Bertz CT molecular complexity index is 1590. The molecule has 0 aliphatic rings. The number of benzene rings is 4. The number of aliphatic hydroxyl groups excluding tert-OH is 1. The smallest absolute Gasteiger partial charge is 0.412 e. The molecule has 4 aromatic rings. The summed E-state index contributed by atoms with van der Waals surface area (Å²) < 4.78 is 18.0. The molecule has 0 bridgehead atoms. The van der Waals surface area contributed by atoms with E-state index in [2.05, 4.69) is 10.6 Å². The molecule has 0 aliphatic carbocycles. The third-order valence-electron chi connectivity index (χ3n) is 6.32. The number of nitrogen functional groups attached to an aromatic ring is 1. The van der Waals surface area contributed by atoms with Crippen LogP contribution in [0.15, 0.2) is 115 Å². The van der Waals surface area contributed by atoms with E-state index in [1.165, 1.54) is 19.1 Å². The quantitative estimate of drug-likeness (QED) is 0.0864. The Morgan fingerprint density at radius 3 is 2.25 bits per heavy atom. The van der Waals surface area contributed by atoms with E-state index in [1.54, 1.807) is 97.1 Å². The predicted molar refractivity (Wildman–Crippen MR) is 168 cm³/mol. The zero-order valence-corrected chi connectivity index (χ0v) is 24.0. The molecule has 226 valence electrons.